The van der Waals surface area contributed by atoms with Gasteiger partial charge in [-0.2, -0.15) is 0 Å². The summed E-state index contributed by atoms with van der Waals surface area (Å²) < 4.78 is 4.01. The highest BCUT2D eigenvalue weighted by Crippen LogP contribution is 2.02. The molecule has 0 saturated heterocycles. The Morgan fingerprint density at radius 2 is 1.35 bits per heavy atom. The van der Waals surface area contributed by atoms with E-state index in [1.165, 1.54) is 5.19 Å². The standard InChI is InChI=1S/C15H31N3Si2/c1-6-13-16-20(17-14-7-2,18-19(3,4)5)15-11-9-8-10-12-15/h8-12,16-18H,6-7,13-14H2,1-5H3. The lowest BCUT2D eigenvalue weighted by Crippen LogP contribution is -2.83. The third-order valence-electron chi connectivity index (χ3n) is 3.05. The molecule has 114 valence electrons. The van der Waals surface area contributed by atoms with Crippen molar-refractivity contribution in [1.82, 2.24) is 14.6 Å². The molecule has 0 atom stereocenters. The first-order chi connectivity index (χ1) is 9.43. The summed E-state index contributed by atoms with van der Waals surface area (Å²) in [5.74, 6) is 0. The number of hydrogen-bond acceptors (Lipinski definition) is 3. The van der Waals surface area contributed by atoms with E-state index in [-0.39, 0.29) is 0 Å². The van der Waals surface area contributed by atoms with E-state index < -0.39 is 16.8 Å². The first-order valence-corrected chi connectivity index (χ1v) is 13.3. The van der Waals surface area contributed by atoms with Crippen LogP contribution in [0.15, 0.2) is 30.3 Å². The molecule has 0 heterocycles. The largest absolute Gasteiger partial charge is 0.331 e. The van der Waals surface area contributed by atoms with E-state index in [0.717, 1.165) is 25.9 Å². The van der Waals surface area contributed by atoms with Gasteiger partial charge in [-0.3, -0.25) is 0 Å². The van der Waals surface area contributed by atoms with Crippen LogP contribution in [0.4, 0.5) is 0 Å². The van der Waals surface area contributed by atoms with Crippen LogP contribution < -0.4 is 19.8 Å². The van der Waals surface area contributed by atoms with Crippen molar-refractivity contribution in [2.24, 2.45) is 0 Å². The van der Waals surface area contributed by atoms with Crippen molar-refractivity contribution in [2.45, 2.75) is 46.3 Å². The van der Waals surface area contributed by atoms with Crippen molar-refractivity contribution in [3.63, 3.8) is 0 Å². The average molecular weight is 310 g/mol. The number of hydrogen-bond donors (Lipinski definition) is 3. The van der Waals surface area contributed by atoms with E-state index in [1.54, 1.807) is 0 Å². The molecule has 0 aliphatic rings. The minimum Gasteiger partial charge on any atom is -0.331 e. The molecule has 0 aliphatic carbocycles. The summed E-state index contributed by atoms with van der Waals surface area (Å²) in [6.45, 7) is 13.7. The summed E-state index contributed by atoms with van der Waals surface area (Å²) in [5, 5.41) is 1.41. The van der Waals surface area contributed by atoms with Gasteiger partial charge in [-0.05, 0) is 31.1 Å². The van der Waals surface area contributed by atoms with Gasteiger partial charge in [0.2, 0.25) is 0 Å². The third-order valence-corrected chi connectivity index (χ3v) is 10.3. The fraction of sp³-hybridized carbons (Fsp3) is 0.600. The van der Waals surface area contributed by atoms with Gasteiger partial charge in [0.1, 0.15) is 8.24 Å². The summed E-state index contributed by atoms with van der Waals surface area (Å²) >= 11 is 0. The summed E-state index contributed by atoms with van der Waals surface area (Å²) in [4.78, 5) is 7.68. The number of nitrogens with one attached hydrogen (secondary N) is 3. The van der Waals surface area contributed by atoms with E-state index in [0.29, 0.717) is 0 Å². The van der Waals surface area contributed by atoms with Crippen molar-refractivity contribution in [1.29, 1.82) is 0 Å². The first-order valence-electron chi connectivity index (χ1n) is 7.78. The molecule has 0 radical (unpaired) electrons. The zero-order valence-corrected chi connectivity index (χ0v) is 15.7. The Hall–Kier alpha value is -0.466. The molecule has 3 N–H and O–H groups in total. The van der Waals surface area contributed by atoms with E-state index in [9.17, 15) is 0 Å². The zero-order chi connectivity index (χ0) is 15.1. The molecule has 0 saturated carbocycles. The predicted molar refractivity (Wildman–Crippen MR) is 94.9 cm³/mol. The quantitative estimate of drug-likeness (QED) is 0.612. The smallest absolute Gasteiger partial charge is 0.308 e. The lowest BCUT2D eigenvalue weighted by Gasteiger charge is -2.39. The first kappa shape index (κ1) is 17.6. The van der Waals surface area contributed by atoms with Gasteiger partial charge in [0.05, 0.1) is 0 Å². The molecule has 0 aliphatic heterocycles. The number of rotatable bonds is 9. The Balaban J connectivity index is 3.10. The van der Waals surface area contributed by atoms with E-state index >= 15 is 0 Å². The highest BCUT2D eigenvalue weighted by atomic mass is 28.4. The van der Waals surface area contributed by atoms with Gasteiger partial charge in [0.25, 0.3) is 0 Å². The fourth-order valence-electron chi connectivity index (χ4n) is 2.30. The molecule has 20 heavy (non-hydrogen) atoms. The van der Waals surface area contributed by atoms with E-state index in [4.69, 9.17) is 0 Å². The van der Waals surface area contributed by atoms with Gasteiger partial charge in [-0.1, -0.05) is 63.8 Å². The summed E-state index contributed by atoms with van der Waals surface area (Å²) in [6, 6.07) is 10.9. The molecule has 0 unspecified atom stereocenters. The third kappa shape index (κ3) is 5.50. The second-order valence-corrected chi connectivity index (χ2v) is 14.6. The van der Waals surface area contributed by atoms with Gasteiger partial charge < -0.3 is 14.6 Å². The SMILES string of the molecule is CCCN[Si](NCCC)(N[Si](C)(C)C)c1ccccc1. The van der Waals surface area contributed by atoms with Crippen LogP contribution in [0.25, 0.3) is 0 Å². The topological polar surface area (TPSA) is 36.1 Å². The van der Waals surface area contributed by atoms with Crippen LogP contribution >= 0.6 is 0 Å². The van der Waals surface area contributed by atoms with Crippen molar-refractivity contribution in [3.05, 3.63) is 30.3 Å². The van der Waals surface area contributed by atoms with Gasteiger partial charge in [-0.25, -0.2) is 0 Å². The molecule has 3 nitrogen and oxygen atoms in total. The normalized spacial score (nSPS) is 12.7. The molecule has 0 aromatic heterocycles. The maximum absolute atomic E-state index is 4.01. The second-order valence-electron chi connectivity index (χ2n) is 6.34. The summed E-state index contributed by atoms with van der Waals surface area (Å²) in [7, 11) is -3.43. The molecule has 1 rings (SSSR count). The fourth-order valence-corrected chi connectivity index (χ4v) is 10.6. The van der Waals surface area contributed by atoms with Crippen LogP contribution in [0.5, 0.6) is 0 Å². The van der Waals surface area contributed by atoms with Crippen molar-refractivity contribution >= 4 is 22.0 Å². The zero-order valence-electron chi connectivity index (χ0n) is 13.7. The molecular weight excluding hydrogens is 278 g/mol. The van der Waals surface area contributed by atoms with Gasteiger partial charge in [-0.15, -0.1) is 0 Å². The lowest BCUT2D eigenvalue weighted by atomic mass is 10.4. The van der Waals surface area contributed by atoms with Crippen LogP contribution in [-0.2, 0) is 0 Å². The summed E-state index contributed by atoms with van der Waals surface area (Å²) in [5.41, 5.74) is 0. The monoisotopic (exact) mass is 309 g/mol. The van der Waals surface area contributed by atoms with E-state index in [2.05, 4.69) is 78.4 Å². The van der Waals surface area contributed by atoms with Crippen molar-refractivity contribution in [3.8, 4) is 0 Å². The highest BCUT2D eigenvalue weighted by molar-refractivity contribution is 6.96. The Bertz CT molecular complexity index is 368. The van der Waals surface area contributed by atoms with Crippen LogP contribution in [0, 0.1) is 0 Å². The van der Waals surface area contributed by atoms with Crippen molar-refractivity contribution in [2.75, 3.05) is 13.1 Å². The van der Waals surface area contributed by atoms with Gasteiger partial charge >= 0.3 is 8.56 Å². The second kappa shape index (κ2) is 8.09. The maximum atomic E-state index is 4.01. The molecule has 0 fully saturated rings. The Morgan fingerprint density at radius 1 is 0.850 bits per heavy atom. The minimum atomic E-state index is -2.04. The van der Waals surface area contributed by atoms with E-state index in [1.807, 2.05) is 0 Å². The summed E-state index contributed by atoms with van der Waals surface area (Å²) in [6.07, 6.45) is 2.31. The molecule has 0 amide bonds. The molecule has 5 heteroatoms. The van der Waals surface area contributed by atoms with Crippen LogP contribution in [0.1, 0.15) is 26.7 Å². The molecule has 0 bridgehead atoms. The van der Waals surface area contributed by atoms with Crippen molar-refractivity contribution < 1.29 is 0 Å². The molecule has 1 aromatic rings. The Morgan fingerprint density at radius 3 is 1.75 bits per heavy atom. The number of benzene rings is 1. The van der Waals surface area contributed by atoms with Crippen LogP contribution in [-0.4, -0.2) is 29.9 Å². The molecule has 1 aromatic carbocycles. The highest BCUT2D eigenvalue weighted by Gasteiger charge is 2.39. The van der Waals surface area contributed by atoms with Crippen LogP contribution in [0.3, 0.4) is 0 Å². The Labute approximate surface area is 126 Å². The molecule has 0 spiro atoms. The van der Waals surface area contributed by atoms with Gasteiger partial charge in [0.15, 0.2) is 0 Å². The minimum absolute atomic E-state index is 1.05. The maximum Gasteiger partial charge on any atom is 0.308 e. The molecular formula is C15H31N3Si2. The van der Waals surface area contributed by atoms with Crippen LogP contribution in [0.2, 0.25) is 19.6 Å². The van der Waals surface area contributed by atoms with Gasteiger partial charge in [0, 0.05) is 0 Å². The lowest BCUT2D eigenvalue weighted by molar-refractivity contribution is 0.760. The predicted octanol–water partition coefficient (Wildman–Crippen LogP) is 2.26. The average Bonchev–Trinajstić information content (AvgIpc) is 2.41. The Kier molecular flexibility index (Phi) is 7.12.